The van der Waals surface area contributed by atoms with Gasteiger partial charge in [-0.3, -0.25) is 0 Å². The normalized spacial score (nSPS) is 19.3. The number of nitrogens with two attached hydrogens (primary N) is 1. The van der Waals surface area contributed by atoms with Crippen LogP contribution in [-0.2, 0) is 6.54 Å². The fourth-order valence-electron chi connectivity index (χ4n) is 1.69. The maximum atomic E-state index is 6.10. The molecule has 0 spiro atoms. The van der Waals surface area contributed by atoms with E-state index >= 15 is 0 Å². The van der Waals surface area contributed by atoms with Crippen LogP contribution in [0.2, 0.25) is 0 Å². The summed E-state index contributed by atoms with van der Waals surface area (Å²) >= 11 is 5.22. The summed E-state index contributed by atoms with van der Waals surface area (Å²) in [5.41, 5.74) is 6.20. The molecule has 0 atom stereocenters. The molecule has 1 aromatic rings. The Kier molecular flexibility index (Phi) is 3.27. The quantitative estimate of drug-likeness (QED) is 0.886. The summed E-state index contributed by atoms with van der Waals surface area (Å²) in [5.74, 6) is 0. The zero-order valence-corrected chi connectivity index (χ0v) is 10.5. The van der Waals surface area contributed by atoms with Crippen LogP contribution in [-0.4, -0.2) is 12.1 Å². The molecular formula is C10H15BrN2S. The molecule has 14 heavy (non-hydrogen) atoms. The highest BCUT2D eigenvalue weighted by Crippen LogP contribution is 2.28. The van der Waals surface area contributed by atoms with E-state index in [1.54, 1.807) is 11.3 Å². The van der Waals surface area contributed by atoms with E-state index in [1.807, 2.05) is 0 Å². The maximum Gasteiger partial charge on any atom is 0.0300 e. The van der Waals surface area contributed by atoms with Gasteiger partial charge in [0.1, 0.15) is 0 Å². The standard InChI is InChI=1S/C10H15BrN2S/c11-8-4-9(14-6-8)5-13-7-10(12)2-1-3-10/h4,6,13H,1-3,5,7,12H2. The van der Waals surface area contributed by atoms with Crippen LogP contribution in [0.4, 0.5) is 0 Å². The third kappa shape index (κ3) is 2.57. The lowest BCUT2D eigenvalue weighted by molar-refractivity contribution is 0.239. The van der Waals surface area contributed by atoms with Crippen molar-refractivity contribution >= 4 is 27.3 Å². The van der Waals surface area contributed by atoms with Crippen molar-refractivity contribution in [2.24, 2.45) is 5.73 Å². The van der Waals surface area contributed by atoms with Gasteiger partial charge in [-0.15, -0.1) is 11.3 Å². The number of halogens is 1. The highest BCUT2D eigenvalue weighted by atomic mass is 79.9. The Bertz CT molecular complexity index is 307. The van der Waals surface area contributed by atoms with Gasteiger partial charge >= 0.3 is 0 Å². The average molecular weight is 275 g/mol. The second-order valence-electron chi connectivity index (χ2n) is 4.05. The number of hydrogen-bond acceptors (Lipinski definition) is 3. The molecule has 1 aromatic heterocycles. The van der Waals surface area contributed by atoms with E-state index in [2.05, 4.69) is 32.7 Å². The summed E-state index contributed by atoms with van der Waals surface area (Å²) in [6.45, 7) is 1.89. The molecule has 3 N–H and O–H groups in total. The first-order chi connectivity index (χ1) is 6.68. The van der Waals surface area contributed by atoms with Crippen molar-refractivity contribution in [2.75, 3.05) is 6.54 Å². The third-order valence-electron chi connectivity index (χ3n) is 2.75. The van der Waals surface area contributed by atoms with Gasteiger partial charge in [0.2, 0.25) is 0 Å². The monoisotopic (exact) mass is 274 g/mol. The first-order valence-corrected chi connectivity index (χ1v) is 6.58. The molecule has 0 aromatic carbocycles. The maximum absolute atomic E-state index is 6.10. The molecule has 0 amide bonds. The summed E-state index contributed by atoms with van der Waals surface area (Å²) < 4.78 is 1.17. The van der Waals surface area contributed by atoms with Crippen molar-refractivity contribution in [3.63, 3.8) is 0 Å². The lowest BCUT2D eigenvalue weighted by Gasteiger charge is -2.38. The van der Waals surface area contributed by atoms with Crippen molar-refractivity contribution in [3.8, 4) is 0 Å². The smallest absolute Gasteiger partial charge is 0.0300 e. The molecule has 0 aliphatic heterocycles. The van der Waals surface area contributed by atoms with E-state index in [0.29, 0.717) is 0 Å². The Morgan fingerprint density at radius 1 is 1.57 bits per heavy atom. The molecule has 1 aliphatic carbocycles. The Morgan fingerprint density at radius 2 is 2.36 bits per heavy atom. The summed E-state index contributed by atoms with van der Waals surface area (Å²) in [7, 11) is 0. The van der Waals surface area contributed by atoms with E-state index in [0.717, 1.165) is 13.1 Å². The second kappa shape index (κ2) is 4.31. The molecule has 1 saturated carbocycles. The van der Waals surface area contributed by atoms with Gasteiger partial charge in [0.15, 0.2) is 0 Å². The molecule has 0 radical (unpaired) electrons. The molecule has 1 fully saturated rings. The largest absolute Gasteiger partial charge is 0.324 e. The Morgan fingerprint density at radius 3 is 2.86 bits per heavy atom. The minimum Gasteiger partial charge on any atom is -0.324 e. The molecule has 0 saturated heterocycles. The van der Waals surface area contributed by atoms with Crippen LogP contribution in [0.15, 0.2) is 15.9 Å². The zero-order chi connectivity index (χ0) is 10.0. The lowest BCUT2D eigenvalue weighted by Crippen LogP contribution is -2.53. The van der Waals surface area contributed by atoms with Crippen LogP contribution in [0.1, 0.15) is 24.1 Å². The topological polar surface area (TPSA) is 38.0 Å². The minimum absolute atomic E-state index is 0.0918. The van der Waals surface area contributed by atoms with Crippen LogP contribution >= 0.6 is 27.3 Å². The van der Waals surface area contributed by atoms with Gasteiger partial charge in [-0.1, -0.05) is 0 Å². The van der Waals surface area contributed by atoms with Gasteiger partial charge in [-0.25, -0.2) is 0 Å². The minimum atomic E-state index is 0.0918. The molecule has 4 heteroatoms. The Labute approximate surface area is 97.0 Å². The van der Waals surface area contributed by atoms with Gasteiger partial charge in [0.05, 0.1) is 0 Å². The van der Waals surface area contributed by atoms with Crippen LogP contribution in [0.3, 0.4) is 0 Å². The molecule has 78 valence electrons. The van der Waals surface area contributed by atoms with E-state index in [-0.39, 0.29) is 5.54 Å². The van der Waals surface area contributed by atoms with Gasteiger partial charge in [-0.05, 0) is 41.3 Å². The van der Waals surface area contributed by atoms with E-state index < -0.39 is 0 Å². The number of hydrogen-bond donors (Lipinski definition) is 2. The predicted octanol–water partition coefficient (Wildman–Crippen LogP) is 2.48. The summed E-state index contributed by atoms with van der Waals surface area (Å²) in [6, 6.07) is 2.15. The number of rotatable bonds is 4. The number of thiophene rings is 1. The van der Waals surface area contributed by atoms with Crippen molar-refractivity contribution < 1.29 is 0 Å². The predicted molar refractivity (Wildman–Crippen MR) is 64.5 cm³/mol. The van der Waals surface area contributed by atoms with Crippen LogP contribution < -0.4 is 11.1 Å². The molecule has 2 rings (SSSR count). The van der Waals surface area contributed by atoms with E-state index in [4.69, 9.17) is 5.73 Å². The Balaban J connectivity index is 1.72. The summed E-state index contributed by atoms with van der Waals surface area (Å²) in [5, 5.41) is 5.53. The van der Waals surface area contributed by atoms with E-state index in [9.17, 15) is 0 Å². The molecule has 0 bridgehead atoms. The van der Waals surface area contributed by atoms with Gasteiger partial charge in [0.25, 0.3) is 0 Å². The van der Waals surface area contributed by atoms with Crippen molar-refractivity contribution in [1.82, 2.24) is 5.32 Å². The Hall–Kier alpha value is 0.1000. The second-order valence-corrected chi connectivity index (χ2v) is 5.96. The van der Waals surface area contributed by atoms with Crippen LogP contribution in [0, 0.1) is 0 Å². The lowest BCUT2D eigenvalue weighted by atomic mass is 9.78. The fraction of sp³-hybridized carbons (Fsp3) is 0.600. The highest BCUT2D eigenvalue weighted by molar-refractivity contribution is 9.10. The van der Waals surface area contributed by atoms with Gasteiger partial charge < -0.3 is 11.1 Å². The fourth-order valence-corrected chi connectivity index (χ4v) is 3.11. The zero-order valence-electron chi connectivity index (χ0n) is 8.05. The van der Waals surface area contributed by atoms with Crippen molar-refractivity contribution in [1.29, 1.82) is 0 Å². The first kappa shape index (κ1) is 10.6. The molecule has 2 nitrogen and oxygen atoms in total. The van der Waals surface area contributed by atoms with Crippen molar-refractivity contribution in [3.05, 3.63) is 20.8 Å². The van der Waals surface area contributed by atoms with Crippen molar-refractivity contribution in [2.45, 2.75) is 31.3 Å². The SMILES string of the molecule is NC1(CNCc2cc(Br)cs2)CCC1. The molecule has 1 aliphatic rings. The van der Waals surface area contributed by atoms with E-state index in [1.165, 1.54) is 28.6 Å². The first-order valence-electron chi connectivity index (χ1n) is 4.90. The highest BCUT2D eigenvalue weighted by Gasteiger charge is 2.31. The summed E-state index contributed by atoms with van der Waals surface area (Å²) in [6.07, 6.45) is 3.64. The number of nitrogens with one attached hydrogen (secondary N) is 1. The third-order valence-corrected chi connectivity index (χ3v) is 4.45. The van der Waals surface area contributed by atoms with Gasteiger partial charge in [-0.2, -0.15) is 0 Å². The molecule has 0 unspecified atom stereocenters. The van der Waals surface area contributed by atoms with Gasteiger partial charge in [0, 0.05) is 33.4 Å². The summed E-state index contributed by atoms with van der Waals surface area (Å²) in [4.78, 5) is 1.36. The molecular weight excluding hydrogens is 260 g/mol. The molecule has 1 heterocycles. The van der Waals surface area contributed by atoms with Crippen LogP contribution in [0.25, 0.3) is 0 Å². The van der Waals surface area contributed by atoms with Crippen LogP contribution in [0.5, 0.6) is 0 Å². The average Bonchev–Trinajstić information content (AvgIpc) is 2.49.